The maximum atomic E-state index is 3.75. The molecule has 2 heteroatoms. The third kappa shape index (κ3) is 5.39. The van der Waals surface area contributed by atoms with Crippen LogP contribution in [0.1, 0.15) is 65.7 Å². The normalized spacial score (nSPS) is 19.6. The van der Waals surface area contributed by atoms with E-state index in [-0.39, 0.29) is 0 Å². The maximum absolute atomic E-state index is 3.75. The Labute approximate surface area is 108 Å². The van der Waals surface area contributed by atoms with Crippen molar-refractivity contribution in [3.63, 3.8) is 0 Å². The molecule has 0 saturated heterocycles. The minimum atomic E-state index is 0.338. The van der Waals surface area contributed by atoms with Crippen LogP contribution in [0.25, 0.3) is 0 Å². The molecule has 0 aliphatic heterocycles. The second-order valence-corrected chi connectivity index (χ2v) is 6.23. The molecule has 102 valence electrons. The van der Waals surface area contributed by atoms with Crippen LogP contribution in [-0.4, -0.2) is 36.6 Å². The lowest BCUT2D eigenvalue weighted by molar-refractivity contribution is 0.150. The lowest BCUT2D eigenvalue weighted by atomic mass is 10.00. The lowest BCUT2D eigenvalue weighted by Crippen LogP contribution is -2.45. The van der Waals surface area contributed by atoms with Crippen molar-refractivity contribution in [1.82, 2.24) is 10.2 Å². The van der Waals surface area contributed by atoms with E-state index >= 15 is 0 Å². The van der Waals surface area contributed by atoms with Gasteiger partial charge in [-0.05, 0) is 40.2 Å². The molecule has 0 unspecified atom stereocenters. The Kier molecular flexibility index (Phi) is 6.50. The number of hydrogen-bond acceptors (Lipinski definition) is 2. The largest absolute Gasteiger partial charge is 0.313 e. The molecule has 0 radical (unpaired) electrons. The molecule has 1 N–H and O–H groups in total. The number of likely N-dealkylation sites (N-methyl/N-ethyl adjacent to an activating group) is 1. The minimum absolute atomic E-state index is 0.338. The van der Waals surface area contributed by atoms with Gasteiger partial charge in [0.05, 0.1) is 0 Å². The van der Waals surface area contributed by atoms with Crippen LogP contribution in [0.3, 0.4) is 0 Å². The standard InChI is InChI=1S/C15H32N2/c1-5-15(2,3)17(4)13-12-16-14-10-8-6-7-9-11-14/h14,16H,5-13H2,1-4H3. The first-order chi connectivity index (χ1) is 8.06. The Bertz CT molecular complexity index is 193. The summed E-state index contributed by atoms with van der Waals surface area (Å²) in [6, 6.07) is 0.788. The molecule has 0 atom stereocenters. The van der Waals surface area contributed by atoms with Crippen LogP contribution in [0.4, 0.5) is 0 Å². The zero-order valence-electron chi connectivity index (χ0n) is 12.4. The fourth-order valence-corrected chi connectivity index (χ4v) is 2.49. The summed E-state index contributed by atoms with van der Waals surface area (Å²) in [5.41, 5.74) is 0.338. The van der Waals surface area contributed by atoms with E-state index in [1.54, 1.807) is 0 Å². The summed E-state index contributed by atoms with van der Waals surface area (Å²) in [6.07, 6.45) is 9.73. The first-order valence-electron chi connectivity index (χ1n) is 7.51. The summed E-state index contributed by atoms with van der Waals surface area (Å²) < 4.78 is 0. The summed E-state index contributed by atoms with van der Waals surface area (Å²) >= 11 is 0. The van der Waals surface area contributed by atoms with Crippen molar-refractivity contribution in [2.45, 2.75) is 77.3 Å². The monoisotopic (exact) mass is 240 g/mol. The van der Waals surface area contributed by atoms with Crippen LogP contribution in [0, 0.1) is 0 Å². The molecular formula is C15H32N2. The van der Waals surface area contributed by atoms with Gasteiger partial charge in [0.1, 0.15) is 0 Å². The van der Waals surface area contributed by atoms with Crippen molar-refractivity contribution in [3.05, 3.63) is 0 Å². The van der Waals surface area contributed by atoms with E-state index < -0.39 is 0 Å². The number of nitrogens with zero attached hydrogens (tertiary/aromatic N) is 1. The van der Waals surface area contributed by atoms with Gasteiger partial charge in [0.25, 0.3) is 0 Å². The molecule has 1 rings (SSSR count). The van der Waals surface area contributed by atoms with E-state index in [2.05, 4.69) is 38.0 Å². The summed E-state index contributed by atoms with van der Waals surface area (Å²) in [7, 11) is 2.25. The van der Waals surface area contributed by atoms with Gasteiger partial charge in [-0.1, -0.05) is 32.6 Å². The van der Waals surface area contributed by atoms with Gasteiger partial charge in [0.2, 0.25) is 0 Å². The molecule has 0 aromatic rings. The third-order valence-corrected chi connectivity index (χ3v) is 4.63. The zero-order valence-corrected chi connectivity index (χ0v) is 12.4. The van der Waals surface area contributed by atoms with Crippen molar-refractivity contribution in [2.75, 3.05) is 20.1 Å². The Morgan fingerprint density at radius 1 is 1.12 bits per heavy atom. The highest BCUT2D eigenvalue weighted by Gasteiger charge is 2.20. The Morgan fingerprint density at radius 3 is 2.24 bits per heavy atom. The zero-order chi connectivity index (χ0) is 12.7. The van der Waals surface area contributed by atoms with Gasteiger partial charge in [-0.2, -0.15) is 0 Å². The molecule has 0 aromatic carbocycles. The number of hydrogen-bond donors (Lipinski definition) is 1. The topological polar surface area (TPSA) is 15.3 Å². The average Bonchev–Trinajstić information content (AvgIpc) is 2.57. The molecule has 2 nitrogen and oxygen atoms in total. The third-order valence-electron chi connectivity index (χ3n) is 4.63. The van der Waals surface area contributed by atoms with Crippen LogP contribution in [-0.2, 0) is 0 Å². The van der Waals surface area contributed by atoms with E-state index in [1.165, 1.54) is 44.9 Å². The second kappa shape index (κ2) is 7.38. The first-order valence-corrected chi connectivity index (χ1v) is 7.51. The van der Waals surface area contributed by atoms with Crippen molar-refractivity contribution in [2.24, 2.45) is 0 Å². The van der Waals surface area contributed by atoms with Gasteiger partial charge >= 0.3 is 0 Å². The smallest absolute Gasteiger partial charge is 0.0148 e. The van der Waals surface area contributed by atoms with Crippen LogP contribution >= 0.6 is 0 Å². The first kappa shape index (κ1) is 15.0. The average molecular weight is 240 g/mol. The minimum Gasteiger partial charge on any atom is -0.313 e. The molecule has 0 amide bonds. The molecular weight excluding hydrogens is 208 g/mol. The summed E-state index contributed by atoms with van der Waals surface area (Å²) in [5.74, 6) is 0. The Morgan fingerprint density at radius 2 is 1.71 bits per heavy atom. The fraction of sp³-hybridized carbons (Fsp3) is 1.00. The molecule has 0 spiro atoms. The van der Waals surface area contributed by atoms with Gasteiger partial charge in [0, 0.05) is 24.7 Å². The highest BCUT2D eigenvalue weighted by atomic mass is 15.2. The second-order valence-electron chi connectivity index (χ2n) is 6.23. The molecule has 1 aliphatic rings. The van der Waals surface area contributed by atoms with E-state index in [1.807, 2.05) is 0 Å². The van der Waals surface area contributed by atoms with Crippen LogP contribution < -0.4 is 5.32 Å². The summed E-state index contributed by atoms with van der Waals surface area (Å²) in [6.45, 7) is 9.24. The fourth-order valence-electron chi connectivity index (χ4n) is 2.49. The molecule has 1 aliphatic carbocycles. The number of rotatable bonds is 6. The molecule has 1 saturated carbocycles. The maximum Gasteiger partial charge on any atom is 0.0148 e. The predicted molar refractivity (Wildman–Crippen MR) is 76.5 cm³/mol. The molecule has 1 fully saturated rings. The quantitative estimate of drug-likeness (QED) is 0.716. The molecule has 0 heterocycles. The van der Waals surface area contributed by atoms with Crippen LogP contribution in [0.15, 0.2) is 0 Å². The van der Waals surface area contributed by atoms with Gasteiger partial charge in [-0.25, -0.2) is 0 Å². The predicted octanol–water partition coefficient (Wildman–Crippen LogP) is 3.42. The SMILES string of the molecule is CCC(C)(C)N(C)CCNC1CCCCCC1. The van der Waals surface area contributed by atoms with Crippen molar-refractivity contribution < 1.29 is 0 Å². The van der Waals surface area contributed by atoms with Crippen LogP contribution in [0.2, 0.25) is 0 Å². The van der Waals surface area contributed by atoms with Crippen molar-refractivity contribution in [3.8, 4) is 0 Å². The Balaban J connectivity index is 2.18. The highest BCUT2D eigenvalue weighted by Crippen LogP contribution is 2.18. The van der Waals surface area contributed by atoms with E-state index in [0.29, 0.717) is 5.54 Å². The van der Waals surface area contributed by atoms with E-state index in [4.69, 9.17) is 0 Å². The molecule has 17 heavy (non-hydrogen) atoms. The Hall–Kier alpha value is -0.0800. The van der Waals surface area contributed by atoms with Gasteiger partial charge in [-0.3, -0.25) is 4.90 Å². The van der Waals surface area contributed by atoms with Crippen molar-refractivity contribution >= 4 is 0 Å². The van der Waals surface area contributed by atoms with E-state index in [0.717, 1.165) is 19.1 Å². The number of nitrogens with one attached hydrogen (secondary N) is 1. The summed E-state index contributed by atoms with van der Waals surface area (Å²) in [4.78, 5) is 2.48. The van der Waals surface area contributed by atoms with Gasteiger partial charge in [-0.15, -0.1) is 0 Å². The lowest BCUT2D eigenvalue weighted by Gasteiger charge is -2.35. The molecule has 0 aromatic heterocycles. The van der Waals surface area contributed by atoms with Gasteiger partial charge < -0.3 is 5.32 Å². The van der Waals surface area contributed by atoms with E-state index in [9.17, 15) is 0 Å². The van der Waals surface area contributed by atoms with Gasteiger partial charge in [0.15, 0.2) is 0 Å². The highest BCUT2D eigenvalue weighted by molar-refractivity contribution is 4.78. The van der Waals surface area contributed by atoms with Crippen molar-refractivity contribution in [1.29, 1.82) is 0 Å². The van der Waals surface area contributed by atoms with Crippen LogP contribution in [0.5, 0.6) is 0 Å². The summed E-state index contributed by atoms with van der Waals surface area (Å²) in [5, 5.41) is 3.75. The molecule has 0 bridgehead atoms.